The molecule has 2 aromatic rings. The van der Waals surface area contributed by atoms with Crippen LogP contribution < -0.4 is 5.32 Å². The Morgan fingerprint density at radius 1 is 1.35 bits per heavy atom. The van der Waals surface area contributed by atoms with Crippen molar-refractivity contribution in [2.75, 3.05) is 19.7 Å². The third-order valence-corrected chi connectivity index (χ3v) is 4.58. The van der Waals surface area contributed by atoms with Crippen LogP contribution in [0.3, 0.4) is 0 Å². The summed E-state index contributed by atoms with van der Waals surface area (Å²) in [5.41, 5.74) is 4.16. The Balaban J connectivity index is 1.98. The fourth-order valence-corrected chi connectivity index (χ4v) is 3.53. The zero-order valence-corrected chi connectivity index (χ0v) is 13.6. The van der Waals surface area contributed by atoms with E-state index >= 15 is 0 Å². The molecule has 5 heteroatoms. The molecule has 1 aliphatic carbocycles. The number of nitrogens with zero attached hydrogens (tertiary/aromatic N) is 1. The maximum Gasteiger partial charge on any atom is 0.179 e. The first-order valence-corrected chi connectivity index (χ1v) is 8.37. The summed E-state index contributed by atoms with van der Waals surface area (Å²) in [6, 6.07) is 6.26. The van der Waals surface area contributed by atoms with Crippen LogP contribution in [0.15, 0.2) is 18.2 Å². The Kier molecular flexibility index (Phi) is 4.80. The summed E-state index contributed by atoms with van der Waals surface area (Å²) in [4.78, 5) is 12.5. The van der Waals surface area contributed by atoms with Gasteiger partial charge in [-0.15, -0.1) is 0 Å². The van der Waals surface area contributed by atoms with Crippen molar-refractivity contribution in [3.05, 3.63) is 35.0 Å². The lowest BCUT2D eigenvalue weighted by Crippen LogP contribution is -2.87. The monoisotopic (exact) mass is 317 g/mol. The lowest BCUT2D eigenvalue weighted by atomic mass is 9.94. The number of aromatic nitrogens is 1. The zero-order chi connectivity index (χ0) is 16.4. The summed E-state index contributed by atoms with van der Waals surface area (Å²) in [6.45, 7) is 3.69. The van der Waals surface area contributed by atoms with Crippen LogP contribution in [0.4, 0.5) is 0 Å². The van der Waals surface area contributed by atoms with Gasteiger partial charge in [0.1, 0.15) is 12.6 Å². The van der Waals surface area contributed by atoms with Gasteiger partial charge < -0.3 is 20.1 Å². The predicted molar refractivity (Wildman–Crippen MR) is 88.7 cm³/mol. The minimum absolute atomic E-state index is 0.104. The zero-order valence-electron chi connectivity index (χ0n) is 13.6. The second kappa shape index (κ2) is 6.83. The van der Waals surface area contributed by atoms with Gasteiger partial charge in [-0.05, 0) is 37.5 Å². The van der Waals surface area contributed by atoms with Crippen molar-refractivity contribution >= 4 is 16.7 Å². The van der Waals surface area contributed by atoms with E-state index in [2.05, 4.69) is 25.1 Å². The van der Waals surface area contributed by atoms with Crippen LogP contribution >= 0.6 is 0 Å². The van der Waals surface area contributed by atoms with E-state index in [0.29, 0.717) is 26.1 Å². The molecule has 23 heavy (non-hydrogen) atoms. The number of quaternary nitrogens is 1. The van der Waals surface area contributed by atoms with Crippen LogP contribution in [0.25, 0.3) is 10.9 Å². The molecule has 5 nitrogen and oxygen atoms in total. The van der Waals surface area contributed by atoms with Gasteiger partial charge in [0.05, 0.1) is 25.4 Å². The Hall–Kier alpha value is -1.69. The Morgan fingerprint density at radius 2 is 2.17 bits per heavy atom. The van der Waals surface area contributed by atoms with Crippen LogP contribution in [0.2, 0.25) is 0 Å². The lowest BCUT2D eigenvalue weighted by Gasteiger charge is -2.17. The molecule has 3 rings (SSSR count). The van der Waals surface area contributed by atoms with E-state index in [4.69, 9.17) is 5.11 Å². The fraction of sp³-hybridized carbons (Fsp3) is 0.500. The van der Waals surface area contributed by atoms with Crippen LogP contribution in [-0.2, 0) is 13.0 Å². The predicted octanol–water partition coefficient (Wildman–Crippen LogP) is 0.385. The van der Waals surface area contributed by atoms with Crippen LogP contribution in [0, 0.1) is 6.92 Å². The third kappa shape index (κ3) is 3.17. The van der Waals surface area contributed by atoms with E-state index < -0.39 is 6.10 Å². The molecule has 0 radical (unpaired) electrons. The number of aliphatic hydroxyl groups excluding tert-OH is 2. The molecule has 0 aliphatic heterocycles. The molecule has 0 bridgehead atoms. The molecule has 1 aromatic carbocycles. The highest BCUT2D eigenvalue weighted by Gasteiger charge is 2.26. The Bertz CT molecular complexity index is 721. The van der Waals surface area contributed by atoms with Gasteiger partial charge in [-0.1, -0.05) is 11.6 Å². The van der Waals surface area contributed by atoms with Gasteiger partial charge in [0.15, 0.2) is 5.78 Å². The van der Waals surface area contributed by atoms with Crippen LogP contribution in [0.5, 0.6) is 0 Å². The molecule has 0 spiro atoms. The molecule has 1 heterocycles. The minimum Gasteiger partial charge on any atom is -0.391 e. The summed E-state index contributed by atoms with van der Waals surface area (Å²) in [6.07, 6.45) is 1.89. The summed E-state index contributed by atoms with van der Waals surface area (Å²) >= 11 is 0. The van der Waals surface area contributed by atoms with Gasteiger partial charge in [-0.2, -0.15) is 0 Å². The molecular formula is C18H25N2O3+. The van der Waals surface area contributed by atoms with Crippen molar-refractivity contribution in [1.29, 1.82) is 0 Å². The van der Waals surface area contributed by atoms with Crippen LogP contribution in [-0.4, -0.2) is 46.4 Å². The van der Waals surface area contributed by atoms with E-state index in [1.54, 1.807) is 0 Å². The fourth-order valence-electron chi connectivity index (χ4n) is 3.53. The second-order valence-corrected chi connectivity index (χ2v) is 6.43. The highest BCUT2D eigenvalue weighted by atomic mass is 16.3. The number of aliphatic hydroxyl groups is 2. The average Bonchev–Trinajstić information content (AvgIpc) is 2.82. The maximum atomic E-state index is 12.5. The van der Waals surface area contributed by atoms with Gasteiger partial charge in [0, 0.05) is 17.3 Å². The normalized spacial score (nSPS) is 15.9. The summed E-state index contributed by atoms with van der Waals surface area (Å²) < 4.78 is 2.00. The number of nitrogens with two attached hydrogens (primary N) is 1. The number of carbonyl (C=O) groups excluding carboxylic acids is 1. The highest BCUT2D eigenvalue weighted by Crippen LogP contribution is 2.32. The smallest absolute Gasteiger partial charge is 0.179 e. The topological polar surface area (TPSA) is 79.1 Å². The van der Waals surface area contributed by atoms with Gasteiger partial charge in [-0.25, -0.2) is 0 Å². The van der Waals surface area contributed by atoms with Gasteiger partial charge >= 0.3 is 0 Å². The van der Waals surface area contributed by atoms with Crippen molar-refractivity contribution < 1.29 is 20.3 Å². The lowest BCUT2D eigenvalue weighted by molar-refractivity contribution is -0.662. The van der Waals surface area contributed by atoms with Crippen molar-refractivity contribution in [2.24, 2.45) is 0 Å². The van der Waals surface area contributed by atoms with E-state index in [0.717, 1.165) is 35.0 Å². The largest absolute Gasteiger partial charge is 0.391 e. The average molecular weight is 317 g/mol. The Labute approximate surface area is 135 Å². The maximum absolute atomic E-state index is 12.5. The third-order valence-electron chi connectivity index (χ3n) is 4.58. The molecule has 0 saturated carbocycles. The summed E-state index contributed by atoms with van der Waals surface area (Å²) in [7, 11) is 0. The number of aryl methyl sites for hydroxylation is 2. The SMILES string of the molecule is Cc1ccc2c(c1)c1c(n2C[C@@H](O)C[NH2+]CCO)C(=O)CCC1. The molecule has 124 valence electrons. The first-order chi connectivity index (χ1) is 11.1. The number of hydrogen-bond acceptors (Lipinski definition) is 3. The van der Waals surface area contributed by atoms with E-state index in [-0.39, 0.29) is 12.4 Å². The van der Waals surface area contributed by atoms with Crippen molar-refractivity contribution in [2.45, 2.75) is 38.8 Å². The summed E-state index contributed by atoms with van der Waals surface area (Å²) in [5, 5.41) is 22.2. The number of Topliss-reactive ketones (excluding diaryl/α,β-unsaturated/α-hetero) is 1. The van der Waals surface area contributed by atoms with Crippen LogP contribution in [0.1, 0.15) is 34.5 Å². The number of ketones is 1. The van der Waals surface area contributed by atoms with E-state index in [9.17, 15) is 9.90 Å². The van der Waals surface area contributed by atoms with Crippen molar-refractivity contribution in [3.8, 4) is 0 Å². The van der Waals surface area contributed by atoms with Crippen molar-refractivity contribution in [3.63, 3.8) is 0 Å². The number of hydrogen-bond donors (Lipinski definition) is 3. The number of fused-ring (bicyclic) bond motifs is 3. The number of rotatable bonds is 6. The molecule has 0 fully saturated rings. The summed E-state index contributed by atoms with van der Waals surface area (Å²) in [5.74, 6) is 0.187. The first-order valence-electron chi connectivity index (χ1n) is 8.37. The standard InChI is InChI=1S/C18H24N2O3/c1-12-5-6-16-15(9-12)14-3-2-4-17(23)18(14)20(16)11-13(22)10-19-7-8-21/h5-6,9,13,19,21-22H,2-4,7-8,10-11H2,1H3/p+1/t13-/m0/s1. The molecule has 0 unspecified atom stereocenters. The molecule has 0 amide bonds. The molecule has 1 aromatic heterocycles. The van der Waals surface area contributed by atoms with Gasteiger partial charge in [0.25, 0.3) is 0 Å². The van der Waals surface area contributed by atoms with E-state index in [1.807, 2.05) is 9.88 Å². The Morgan fingerprint density at radius 3 is 2.96 bits per heavy atom. The molecule has 1 atom stereocenters. The van der Waals surface area contributed by atoms with Crippen molar-refractivity contribution in [1.82, 2.24) is 4.57 Å². The quantitative estimate of drug-likeness (QED) is 0.674. The molecular weight excluding hydrogens is 292 g/mol. The van der Waals surface area contributed by atoms with Gasteiger partial charge in [-0.3, -0.25) is 4.79 Å². The highest BCUT2D eigenvalue weighted by molar-refractivity contribution is 6.04. The van der Waals surface area contributed by atoms with Gasteiger partial charge in [0.2, 0.25) is 0 Å². The number of benzene rings is 1. The molecule has 0 saturated heterocycles. The minimum atomic E-state index is -0.544. The first kappa shape index (κ1) is 16.2. The number of carbonyl (C=O) groups is 1. The molecule has 1 aliphatic rings. The second-order valence-electron chi connectivity index (χ2n) is 6.43. The molecule has 4 N–H and O–H groups in total. The van der Waals surface area contributed by atoms with E-state index in [1.165, 1.54) is 5.56 Å².